The van der Waals surface area contributed by atoms with Crippen molar-refractivity contribution < 1.29 is 12.8 Å². The highest BCUT2D eigenvalue weighted by atomic mass is 32.2. The maximum atomic E-state index is 13.2. The highest BCUT2D eigenvalue weighted by molar-refractivity contribution is 7.89. The molecule has 0 aliphatic carbocycles. The van der Waals surface area contributed by atoms with Crippen molar-refractivity contribution in [2.24, 2.45) is 0 Å². The highest BCUT2D eigenvalue weighted by Gasteiger charge is 2.22. The summed E-state index contributed by atoms with van der Waals surface area (Å²) in [6.45, 7) is 1.34. The lowest BCUT2D eigenvalue weighted by molar-refractivity contribution is 0.572. The average Bonchev–Trinajstić information content (AvgIpc) is 2.28. The maximum absolute atomic E-state index is 13.2. The van der Waals surface area contributed by atoms with Gasteiger partial charge in [-0.2, -0.15) is 15.2 Å². The van der Waals surface area contributed by atoms with Crippen LogP contribution in [0.25, 0.3) is 0 Å². The third-order valence-electron chi connectivity index (χ3n) is 1.90. The van der Waals surface area contributed by atoms with E-state index in [9.17, 15) is 12.8 Å². The van der Waals surface area contributed by atoms with E-state index in [1.165, 1.54) is 19.1 Å². The Morgan fingerprint density at radius 3 is 2.59 bits per heavy atom. The van der Waals surface area contributed by atoms with Crippen LogP contribution >= 0.6 is 0 Å². The zero-order valence-corrected chi connectivity index (χ0v) is 9.62. The summed E-state index contributed by atoms with van der Waals surface area (Å²) in [5.74, 6) is -0.917. The minimum absolute atomic E-state index is 0.470. The van der Waals surface area contributed by atoms with E-state index >= 15 is 0 Å². The highest BCUT2D eigenvalue weighted by Crippen LogP contribution is 2.17. The first-order valence-corrected chi connectivity index (χ1v) is 6.01. The van der Waals surface area contributed by atoms with Crippen molar-refractivity contribution in [3.8, 4) is 12.1 Å². The summed E-state index contributed by atoms with van der Waals surface area (Å²) in [6, 6.07) is 5.48. The second kappa shape index (κ2) is 4.91. The van der Waals surface area contributed by atoms with Crippen LogP contribution in [0.1, 0.15) is 12.5 Å². The number of nitrogens with one attached hydrogen (secondary N) is 1. The summed E-state index contributed by atoms with van der Waals surface area (Å²) >= 11 is 0. The topological polar surface area (TPSA) is 93.8 Å². The van der Waals surface area contributed by atoms with Crippen molar-refractivity contribution >= 4 is 10.0 Å². The minimum Gasteiger partial charge on any atom is -0.207 e. The largest absolute Gasteiger partial charge is 0.243 e. The molecule has 0 aliphatic heterocycles. The van der Waals surface area contributed by atoms with Gasteiger partial charge in [0.25, 0.3) is 0 Å². The van der Waals surface area contributed by atoms with Gasteiger partial charge in [0.2, 0.25) is 10.0 Å². The van der Waals surface area contributed by atoms with Crippen molar-refractivity contribution in [1.29, 1.82) is 10.5 Å². The molecule has 0 radical (unpaired) electrons. The lowest BCUT2D eigenvalue weighted by Crippen LogP contribution is -2.32. The zero-order valence-electron chi connectivity index (χ0n) is 8.81. The summed E-state index contributed by atoms with van der Waals surface area (Å²) in [7, 11) is -4.07. The van der Waals surface area contributed by atoms with E-state index in [1.54, 1.807) is 6.07 Å². The second-order valence-electron chi connectivity index (χ2n) is 3.20. The van der Waals surface area contributed by atoms with Gasteiger partial charge in [-0.15, -0.1) is 0 Å². The molecule has 0 bridgehead atoms. The number of nitrogens with zero attached hydrogens (tertiary/aromatic N) is 2. The molecular formula is C10H8FN3O2S. The summed E-state index contributed by atoms with van der Waals surface area (Å²) in [5, 5.41) is 17.2. The van der Waals surface area contributed by atoms with E-state index in [-0.39, 0.29) is 0 Å². The molecule has 0 saturated carbocycles. The van der Waals surface area contributed by atoms with Gasteiger partial charge in [0.05, 0.1) is 6.07 Å². The Labute approximate surface area is 98.2 Å². The van der Waals surface area contributed by atoms with Gasteiger partial charge in [-0.1, -0.05) is 6.07 Å². The van der Waals surface area contributed by atoms with Gasteiger partial charge in [0.1, 0.15) is 28.4 Å². The first-order valence-electron chi connectivity index (χ1n) is 4.53. The normalized spacial score (nSPS) is 12.5. The number of nitriles is 2. The van der Waals surface area contributed by atoms with Crippen molar-refractivity contribution in [2.45, 2.75) is 17.9 Å². The number of halogens is 1. The summed E-state index contributed by atoms with van der Waals surface area (Å²) in [4.78, 5) is -0.470. The molecule has 0 spiro atoms. The Bertz CT molecular complexity index is 613. The lowest BCUT2D eigenvalue weighted by atomic mass is 10.2. The molecule has 0 fully saturated rings. The van der Waals surface area contributed by atoms with E-state index in [2.05, 4.69) is 0 Å². The fourth-order valence-corrected chi connectivity index (χ4v) is 2.47. The van der Waals surface area contributed by atoms with Crippen LogP contribution in [0.5, 0.6) is 0 Å². The standard InChI is InChI=1S/C10H8FN3O2S/c1-7(5-12)14-17(15,16)10-4-2-3-9(11)8(10)6-13/h2-4,7,14H,1H3. The Kier molecular flexibility index (Phi) is 3.79. The van der Waals surface area contributed by atoms with Gasteiger partial charge in [0.15, 0.2) is 0 Å². The van der Waals surface area contributed by atoms with Crippen LogP contribution < -0.4 is 4.72 Å². The third-order valence-corrected chi connectivity index (χ3v) is 3.49. The Morgan fingerprint density at radius 1 is 1.41 bits per heavy atom. The van der Waals surface area contributed by atoms with Gasteiger partial charge in [0, 0.05) is 0 Å². The molecule has 1 aromatic rings. The summed E-state index contributed by atoms with van der Waals surface area (Å²) in [6.07, 6.45) is 0. The van der Waals surface area contributed by atoms with Crippen molar-refractivity contribution in [2.75, 3.05) is 0 Å². The number of hydrogen-bond donors (Lipinski definition) is 1. The Morgan fingerprint density at radius 2 is 2.06 bits per heavy atom. The van der Waals surface area contributed by atoms with E-state index in [4.69, 9.17) is 10.5 Å². The minimum atomic E-state index is -4.07. The fraction of sp³-hybridized carbons (Fsp3) is 0.200. The molecule has 1 rings (SSSR count). The number of rotatable bonds is 3. The van der Waals surface area contributed by atoms with Crippen LogP contribution in [0.2, 0.25) is 0 Å². The summed E-state index contributed by atoms with van der Waals surface area (Å²) < 4.78 is 38.7. The van der Waals surface area contributed by atoms with Crippen LogP contribution in [0.4, 0.5) is 4.39 Å². The predicted molar refractivity (Wildman–Crippen MR) is 56.5 cm³/mol. The summed E-state index contributed by atoms with van der Waals surface area (Å²) in [5.41, 5.74) is -0.565. The van der Waals surface area contributed by atoms with Gasteiger partial charge in [-0.25, -0.2) is 12.8 Å². The predicted octanol–water partition coefficient (Wildman–Crippen LogP) is 0.888. The van der Waals surface area contributed by atoms with E-state index in [0.29, 0.717) is 0 Å². The Hall–Kier alpha value is -1.96. The average molecular weight is 253 g/mol. The maximum Gasteiger partial charge on any atom is 0.243 e. The van der Waals surface area contributed by atoms with Crippen LogP contribution in [0.15, 0.2) is 23.1 Å². The van der Waals surface area contributed by atoms with Gasteiger partial charge in [-0.05, 0) is 19.1 Å². The fourth-order valence-electron chi connectivity index (χ4n) is 1.16. The van der Waals surface area contributed by atoms with Crippen molar-refractivity contribution in [3.63, 3.8) is 0 Å². The molecule has 1 N–H and O–H groups in total. The smallest absolute Gasteiger partial charge is 0.207 e. The van der Waals surface area contributed by atoms with Crippen molar-refractivity contribution in [1.82, 2.24) is 4.72 Å². The molecule has 0 aromatic heterocycles. The lowest BCUT2D eigenvalue weighted by Gasteiger charge is -2.09. The van der Waals surface area contributed by atoms with Gasteiger partial charge < -0.3 is 0 Å². The molecule has 1 unspecified atom stereocenters. The number of benzene rings is 1. The van der Waals surface area contributed by atoms with Gasteiger partial charge >= 0.3 is 0 Å². The molecule has 0 saturated heterocycles. The van der Waals surface area contributed by atoms with Crippen LogP contribution in [-0.2, 0) is 10.0 Å². The molecule has 88 valence electrons. The van der Waals surface area contributed by atoms with Crippen LogP contribution in [0, 0.1) is 28.5 Å². The van der Waals surface area contributed by atoms with E-state index in [1.807, 2.05) is 4.72 Å². The van der Waals surface area contributed by atoms with Crippen molar-refractivity contribution in [3.05, 3.63) is 29.6 Å². The molecule has 1 aromatic carbocycles. The number of hydrogen-bond acceptors (Lipinski definition) is 4. The molecule has 17 heavy (non-hydrogen) atoms. The molecule has 0 amide bonds. The quantitative estimate of drug-likeness (QED) is 0.865. The monoisotopic (exact) mass is 253 g/mol. The molecule has 7 heteroatoms. The zero-order chi connectivity index (χ0) is 13.1. The second-order valence-corrected chi connectivity index (χ2v) is 4.88. The van der Waals surface area contributed by atoms with Crippen LogP contribution in [-0.4, -0.2) is 14.5 Å². The first-order chi connectivity index (χ1) is 7.92. The molecule has 5 nitrogen and oxygen atoms in total. The van der Waals surface area contributed by atoms with E-state index < -0.39 is 32.3 Å². The molecular weight excluding hydrogens is 245 g/mol. The molecule has 0 heterocycles. The molecule has 0 aliphatic rings. The first kappa shape index (κ1) is 13.1. The Balaban J connectivity index is 3.32. The SMILES string of the molecule is CC(C#N)NS(=O)(=O)c1cccc(F)c1C#N. The van der Waals surface area contributed by atoms with Gasteiger partial charge in [-0.3, -0.25) is 0 Å². The van der Waals surface area contributed by atoms with E-state index in [0.717, 1.165) is 12.1 Å². The van der Waals surface area contributed by atoms with Crippen LogP contribution in [0.3, 0.4) is 0 Å². The number of sulfonamides is 1. The third kappa shape index (κ3) is 2.78. The molecule has 1 atom stereocenters.